The Labute approximate surface area is 41.4 Å². The van der Waals surface area contributed by atoms with E-state index in [4.69, 9.17) is 5.26 Å². The molecule has 1 aliphatic heterocycles. The van der Waals surface area contributed by atoms with Gasteiger partial charge < -0.3 is 0 Å². The van der Waals surface area contributed by atoms with E-state index in [2.05, 4.69) is 9.78 Å². The molecule has 38 valence electrons. The Hall–Kier alpha value is -0.590. The van der Waals surface area contributed by atoms with Crippen molar-refractivity contribution in [3.8, 4) is 6.07 Å². The SMILES string of the molecule is CC1(C#N)COO1. The average Bonchev–Trinajstić information content (AvgIpc) is 1.61. The summed E-state index contributed by atoms with van der Waals surface area (Å²) in [5, 5.41) is 8.19. The van der Waals surface area contributed by atoms with Crippen LogP contribution in [0.5, 0.6) is 0 Å². The normalized spacial score (nSPS) is 38.9. The minimum Gasteiger partial charge on any atom is -0.231 e. The summed E-state index contributed by atoms with van der Waals surface area (Å²) in [6.07, 6.45) is 0. The fourth-order valence-electron chi connectivity index (χ4n) is 0.287. The quantitative estimate of drug-likeness (QED) is 0.408. The molecule has 0 aromatic heterocycles. The molecule has 7 heavy (non-hydrogen) atoms. The van der Waals surface area contributed by atoms with E-state index in [9.17, 15) is 0 Å². The van der Waals surface area contributed by atoms with Crippen molar-refractivity contribution in [2.75, 3.05) is 6.61 Å². The fourth-order valence-corrected chi connectivity index (χ4v) is 0.287. The first-order valence-electron chi connectivity index (χ1n) is 1.99. The highest BCUT2D eigenvalue weighted by atomic mass is 17.2. The summed E-state index contributed by atoms with van der Waals surface area (Å²) < 4.78 is 0. The van der Waals surface area contributed by atoms with Gasteiger partial charge in [0.05, 0.1) is 0 Å². The third-order valence-corrected chi connectivity index (χ3v) is 0.814. The summed E-state index contributed by atoms with van der Waals surface area (Å²) in [6, 6.07) is 1.93. The van der Waals surface area contributed by atoms with Crippen LogP contribution in [-0.4, -0.2) is 12.2 Å². The highest BCUT2D eigenvalue weighted by Gasteiger charge is 2.35. The van der Waals surface area contributed by atoms with Crippen molar-refractivity contribution in [2.24, 2.45) is 0 Å². The molecule has 3 nitrogen and oxygen atoms in total. The molecule has 0 N–H and O–H groups in total. The largest absolute Gasteiger partial charge is 0.231 e. The molecular formula is C4H5NO2. The van der Waals surface area contributed by atoms with Gasteiger partial charge in [0.25, 0.3) is 0 Å². The summed E-state index contributed by atoms with van der Waals surface area (Å²) in [7, 11) is 0. The van der Waals surface area contributed by atoms with Gasteiger partial charge in [-0.3, -0.25) is 0 Å². The molecule has 1 atom stereocenters. The van der Waals surface area contributed by atoms with Gasteiger partial charge in [-0.15, -0.1) is 0 Å². The van der Waals surface area contributed by atoms with Crippen molar-refractivity contribution >= 4 is 0 Å². The number of hydrogen-bond acceptors (Lipinski definition) is 3. The van der Waals surface area contributed by atoms with Crippen molar-refractivity contribution < 1.29 is 9.78 Å². The molecule has 1 rings (SSSR count). The zero-order valence-corrected chi connectivity index (χ0v) is 3.97. The summed E-state index contributed by atoms with van der Waals surface area (Å²) in [6.45, 7) is 2.07. The number of rotatable bonds is 0. The average molecular weight is 99.1 g/mol. The summed E-state index contributed by atoms with van der Waals surface area (Å²) in [5.41, 5.74) is -0.653. The lowest BCUT2D eigenvalue weighted by Crippen LogP contribution is -2.42. The predicted octanol–water partition coefficient (Wildman–Crippen LogP) is 0.230. The molecule has 0 radical (unpaired) electrons. The van der Waals surface area contributed by atoms with Crippen LogP contribution in [0, 0.1) is 11.3 Å². The molecule has 0 saturated carbocycles. The van der Waals surface area contributed by atoms with Gasteiger partial charge in [-0.2, -0.15) is 5.26 Å². The Morgan fingerprint density at radius 3 is 2.43 bits per heavy atom. The summed E-state index contributed by atoms with van der Waals surface area (Å²) in [4.78, 5) is 8.71. The van der Waals surface area contributed by atoms with E-state index in [1.165, 1.54) is 0 Å². The van der Waals surface area contributed by atoms with E-state index >= 15 is 0 Å². The molecule has 0 aromatic carbocycles. The van der Waals surface area contributed by atoms with Crippen LogP contribution in [0.25, 0.3) is 0 Å². The first kappa shape index (κ1) is 4.57. The van der Waals surface area contributed by atoms with Gasteiger partial charge in [0.2, 0.25) is 5.60 Å². The third kappa shape index (κ3) is 0.581. The zero-order chi connectivity index (χ0) is 5.33. The number of hydrogen-bond donors (Lipinski definition) is 0. The lowest BCUT2D eigenvalue weighted by Gasteiger charge is -2.28. The highest BCUT2D eigenvalue weighted by molar-refractivity contribution is 4.99. The van der Waals surface area contributed by atoms with Crippen LogP contribution in [0.4, 0.5) is 0 Å². The smallest absolute Gasteiger partial charge is 0.212 e. The van der Waals surface area contributed by atoms with Crippen LogP contribution in [0.2, 0.25) is 0 Å². The van der Waals surface area contributed by atoms with E-state index in [1.54, 1.807) is 6.92 Å². The number of nitrogens with zero attached hydrogens (tertiary/aromatic N) is 1. The van der Waals surface area contributed by atoms with E-state index in [1.807, 2.05) is 6.07 Å². The molecule has 1 unspecified atom stereocenters. The number of nitriles is 1. The van der Waals surface area contributed by atoms with E-state index < -0.39 is 5.60 Å². The maximum absolute atomic E-state index is 8.19. The monoisotopic (exact) mass is 99.0 g/mol. The van der Waals surface area contributed by atoms with Gasteiger partial charge in [-0.1, -0.05) is 0 Å². The molecule has 0 aliphatic carbocycles. The Kier molecular flexibility index (Phi) is 0.775. The lowest BCUT2D eigenvalue weighted by molar-refractivity contribution is -0.447. The van der Waals surface area contributed by atoms with Crippen LogP contribution in [0.3, 0.4) is 0 Å². The van der Waals surface area contributed by atoms with Crippen molar-refractivity contribution in [3.05, 3.63) is 0 Å². The zero-order valence-electron chi connectivity index (χ0n) is 3.97. The molecule has 1 aliphatic rings. The molecular weight excluding hydrogens is 94.0 g/mol. The molecule has 0 amide bonds. The van der Waals surface area contributed by atoms with Crippen molar-refractivity contribution in [1.29, 1.82) is 5.26 Å². The van der Waals surface area contributed by atoms with E-state index in [0.29, 0.717) is 6.61 Å². The van der Waals surface area contributed by atoms with Gasteiger partial charge in [0.15, 0.2) is 0 Å². The van der Waals surface area contributed by atoms with Crippen LogP contribution in [-0.2, 0) is 9.78 Å². The fraction of sp³-hybridized carbons (Fsp3) is 0.750. The summed E-state index contributed by atoms with van der Waals surface area (Å²) >= 11 is 0. The Bertz CT molecular complexity index is 111. The van der Waals surface area contributed by atoms with E-state index in [-0.39, 0.29) is 0 Å². The Balaban J connectivity index is 2.48. The first-order valence-corrected chi connectivity index (χ1v) is 1.99. The second-order valence-electron chi connectivity index (χ2n) is 1.69. The maximum atomic E-state index is 8.19. The maximum Gasteiger partial charge on any atom is 0.212 e. The predicted molar refractivity (Wildman–Crippen MR) is 21.1 cm³/mol. The summed E-state index contributed by atoms with van der Waals surface area (Å²) in [5.74, 6) is 0. The van der Waals surface area contributed by atoms with Gasteiger partial charge in [0, 0.05) is 0 Å². The van der Waals surface area contributed by atoms with Crippen LogP contribution in [0.1, 0.15) is 6.92 Å². The van der Waals surface area contributed by atoms with Crippen molar-refractivity contribution in [3.63, 3.8) is 0 Å². The van der Waals surface area contributed by atoms with Crippen LogP contribution >= 0.6 is 0 Å². The lowest BCUT2D eigenvalue weighted by atomic mass is 10.1. The second kappa shape index (κ2) is 1.19. The molecule has 0 aromatic rings. The van der Waals surface area contributed by atoms with Gasteiger partial charge in [0.1, 0.15) is 12.7 Å². The highest BCUT2D eigenvalue weighted by Crippen LogP contribution is 2.18. The van der Waals surface area contributed by atoms with Gasteiger partial charge >= 0.3 is 0 Å². The molecule has 0 bridgehead atoms. The molecule has 0 spiro atoms. The second-order valence-corrected chi connectivity index (χ2v) is 1.69. The van der Waals surface area contributed by atoms with Crippen molar-refractivity contribution in [2.45, 2.75) is 12.5 Å². The minimum absolute atomic E-state index is 0.392. The third-order valence-electron chi connectivity index (χ3n) is 0.814. The van der Waals surface area contributed by atoms with Gasteiger partial charge in [-0.05, 0) is 6.92 Å². The molecule has 1 saturated heterocycles. The topological polar surface area (TPSA) is 42.2 Å². The molecule has 3 heteroatoms. The Morgan fingerprint density at radius 1 is 1.86 bits per heavy atom. The van der Waals surface area contributed by atoms with E-state index in [0.717, 1.165) is 0 Å². The Morgan fingerprint density at radius 2 is 2.43 bits per heavy atom. The van der Waals surface area contributed by atoms with Crippen LogP contribution < -0.4 is 0 Å². The first-order chi connectivity index (χ1) is 3.27. The minimum atomic E-state index is -0.653. The van der Waals surface area contributed by atoms with Crippen LogP contribution in [0.15, 0.2) is 0 Å². The van der Waals surface area contributed by atoms with Gasteiger partial charge in [-0.25, -0.2) is 9.78 Å². The molecule has 1 heterocycles. The van der Waals surface area contributed by atoms with Crippen molar-refractivity contribution in [1.82, 2.24) is 0 Å². The molecule has 1 fully saturated rings. The standard InChI is InChI=1S/C4H5NO2/c1-4(2-5)3-6-7-4/h3H2,1H3.